The van der Waals surface area contributed by atoms with Crippen LogP contribution in [0.2, 0.25) is 0 Å². The van der Waals surface area contributed by atoms with E-state index in [1.54, 1.807) is 12.0 Å². The standard InChI is InChI=1S/C19H29N3O3/c1-4-9-20-19(24)22-11-6-10-21(12-13-22)18(23)16-14-15(5-2)7-8-17(16)25-3/h7-8,14H,4-6,9-13H2,1-3H3,(H,20,24). The lowest BCUT2D eigenvalue weighted by atomic mass is 10.1. The molecule has 0 spiro atoms. The minimum Gasteiger partial charge on any atom is -0.496 e. The van der Waals surface area contributed by atoms with E-state index in [9.17, 15) is 9.59 Å². The van der Waals surface area contributed by atoms with Crippen molar-refractivity contribution in [2.24, 2.45) is 0 Å². The number of benzene rings is 1. The first-order valence-corrected chi connectivity index (χ1v) is 9.09. The van der Waals surface area contributed by atoms with Gasteiger partial charge in [0.1, 0.15) is 5.75 Å². The van der Waals surface area contributed by atoms with Crippen molar-refractivity contribution in [2.45, 2.75) is 33.1 Å². The number of hydrogen-bond acceptors (Lipinski definition) is 3. The zero-order valence-corrected chi connectivity index (χ0v) is 15.5. The topological polar surface area (TPSA) is 61.9 Å². The van der Waals surface area contributed by atoms with Gasteiger partial charge < -0.3 is 19.9 Å². The number of aryl methyl sites for hydroxylation is 1. The summed E-state index contributed by atoms with van der Waals surface area (Å²) < 4.78 is 5.37. The monoisotopic (exact) mass is 347 g/mol. The molecule has 2 rings (SSSR count). The van der Waals surface area contributed by atoms with Crippen LogP contribution in [-0.2, 0) is 6.42 Å². The highest BCUT2D eigenvalue weighted by Crippen LogP contribution is 2.22. The van der Waals surface area contributed by atoms with Crippen molar-refractivity contribution >= 4 is 11.9 Å². The lowest BCUT2D eigenvalue weighted by Crippen LogP contribution is -2.42. The van der Waals surface area contributed by atoms with Crippen LogP contribution in [-0.4, -0.2) is 61.6 Å². The van der Waals surface area contributed by atoms with Crippen LogP contribution in [0, 0.1) is 0 Å². The van der Waals surface area contributed by atoms with Crippen molar-refractivity contribution in [1.29, 1.82) is 0 Å². The Morgan fingerprint density at radius 1 is 1.12 bits per heavy atom. The third kappa shape index (κ3) is 4.87. The SMILES string of the molecule is CCCNC(=O)N1CCCN(C(=O)c2cc(CC)ccc2OC)CC1. The number of hydrogen-bond donors (Lipinski definition) is 1. The summed E-state index contributed by atoms with van der Waals surface area (Å²) in [6.07, 6.45) is 2.56. The molecule has 3 amide bonds. The van der Waals surface area contributed by atoms with E-state index >= 15 is 0 Å². The molecule has 0 radical (unpaired) electrons. The average molecular weight is 347 g/mol. The Morgan fingerprint density at radius 2 is 1.84 bits per heavy atom. The van der Waals surface area contributed by atoms with E-state index in [4.69, 9.17) is 4.74 Å². The Morgan fingerprint density at radius 3 is 2.52 bits per heavy atom. The predicted octanol–water partition coefficient (Wildman–Crippen LogP) is 2.53. The second kappa shape index (κ2) is 9.30. The zero-order chi connectivity index (χ0) is 18.2. The van der Waals surface area contributed by atoms with Crippen LogP contribution in [0.3, 0.4) is 0 Å². The molecule has 0 atom stereocenters. The molecule has 1 aromatic rings. The minimum atomic E-state index is -0.0401. The maximum Gasteiger partial charge on any atom is 0.317 e. The number of amides is 3. The number of methoxy groups -OCH3 is 1. The highest BCUT2D eigenvalue weighted by Gasteiger charge is 2.24. The summed E-state index contributed by atoms with van der Waals surface area (Å²) in [5, 5.41) is 2.90. The van der Waals surface area contributed by atoms with Crippen LogP contribution in [0.1, 0.15) is 42.6 Å². The van der Waals surface area contributed by atoms with Gasteiger partial charge in [-0.05, 0) is 37.0 Å². The minimum absolute atomic E-state index is 0.0250. The van der Waals surface area contributed by atoms with Crippen LogP contribution in [0.25, 0.3) is 0 Å². The summed E-state index contributed by atoms with van der Waals surface area (Å²) in [5.41, 5.74) is 1.71. The summed E-state index contributed by atoms with van der Waals surface area (Å²) in [4.78, 5) is 28.7. The first kappa shape index (κ1) is 19.1. The Hall–Kier alpha value is -2.24. The van der Waals surface area contributed by atoms with E-state index in [2.05, 4.69) is 12.2 Å². The van der Waals surface area contributed by atoms with Gasteiger partial charge in [-0.25, -0.2) is 4.79 Å². The molecule has 1 aliphatic heterocycles. The molecule has 1 heterocycles. The number of urea groups is 1. The summed E-state index contributed by atoms with van der Waals surface area (Å²) in [6, 6.07) is 5.71. The van der Waals surface area contributed by atoms with Crippen LogP contribution in [0.15, 0.2) is 18.2 Å². The van der Waals surface area contributed by atoms with Gasteiger partial charge in [-0.2, -0.15) is 0 Å². The lowest BCUT2D eigenvalue weighted by molar-refractivity contribution is 0.0759. The quantitative estimate of drug-likeness (QED) is 0.890. The fraction of sp³-hybridized carbons (Fsp3) is 0.579. The van der Waals surface area contributed by atoms with Crippen LogP contribution < -0.4 is 10.1 Å². The molecule has 0 saturated carbocycles. The molecule has 1 fully saturated rings. The second-order valence-corrected chi connectivity index (χ2v) is 6.25. The summed E-state index contributed by atoms with van der Waals surface area (Å²) in [7, 11) is 1.58. The predicted molar refractivity (Wildman–Crippen MR) is 98.2 cm³/mol. The number of carbonyl (C=O) groups excluding carboxylic acids is 2. The highest BCUT2D eigenvalue weighted by molar-refractivity contribution is 5.97. The molecular weight excluding hydrogens is 318 g/mol. The molecule has 1 N–H and O–H groups in total. The van der Waals surface area contributed by atoms with Gasteiger partial charge in [-0.3, -0.25) is 4.79 Å². The van der Waals surface area contributed by atoms with E-state index in [0.29, 0.717) is 44.0 Å². The molecule has 0 aromatic heterocycles. The van der Waals surface area contributed by atoms with Crippen LogP contribution in [0.4, 0.5) is 4.79 Å². The Balaban J connectivity index is 2.07. The summed E-state index contributed by atoms with van der Waals surface area (Å²) >= 11 is 0. The highest BCUT2D eigenvalue weighted by atomic mass is 16.5. The van der Waals surface area contributed by atoms with E-state index in [1.165, 1.54) is 0 Å². The van der Waals surface area contributed by atoms with E-state index in [1.807, 2.05) is 30.0 Å². The third-order valence-corrected chi connectivity index (χ3v) is 4.50. The van der Waals surface area contributed by atoms with Gasteiger partial charge in [0.2, 0.25) is 0 Å². The van der Waals surface area contributed by atoms with Crippen molar-refractivity contribution in [3.05, 3.63) is 29.3 Å². The number of ether oxygens (including phenoxy) is 1. The fourth-order valence-electron chi connectivity index (χ4n) is 2.98. The number of nitrogens with one attached hydrogen (secondary N) is 1. The molecule has 6 nitrogen and oxygen atoms in total. The molecule has 1 aromatic carbocycles. The average Bonchev–Trinajstić information content (AvgIpc) is 2.91. The molecule has 1 saturated heterocycles. The third-order valence-electron chi connectivity index (χ3n) is 4.50. The van der Waals surface area contributed by atoms with Crippen LogP contribution >= 0.6 is 0 Å². The van der Waals surface area contributed by atoms with E-state index in [-0.39, 0.29) is 11.9 Å². The number of nitrogens with zero attached hydrogens (tertiary/aromatic N) is 2. The largest absolute Gasteiger partial charge is 0.496 e. The molecular formula is C19H29N3O3. The number of rotatable bonds is 5. The molecule has 25 heavy (non-hydrogen) atoms. The lowest BCUT2D eigenvalue weighted by Gasteiger charge is -2.23. The van der Waals surface area contributed by atoms with Crippen molar-refractivity contribution in [3.8, 4) is 5.75 Å². The van der Waals surface area contributed by atoms with Crippen molar-refractivity contribution in [2.75, 3.05) is 39.8 Å². The molecule has 6 heteroatoms. The fourth-order valence-corrected chi connectivity index (χ4v) is 2.98. The van der Waals surface area contributed by atoms with Gasteiger partial charge in [-0.1, -0.05) is 19.9 Å². The maximum atomic E-state index is 13.0. The zero-order valence-electron chi connectivity index (χ0n) is 15.5. The maximum absolute atomic E-state index is 13.0. The van der Waals surface area contributed by atoms with Crippen molar-refractivity contribution in [1.82, 2.24) is 15.1 Å². The van der Waals surface area contributed by atoms with Crippen LogP contribution in [0.5, 0.6) is 5.75 Å². The van der Waals surface area contributed by atoms with Gasteiger partial charge in [-0.15, -0.1) is 0 Å². The van der Waals surface area contributed by atoms with Crippen molar-refractivity contribution in [3.63, 3.8) is 0 Å². The first-order chi connectivity index (χ1) is 12.1. The first-order valence-electron chi connectivity index (χ1n) is 9.09. The van der Waals surface area contributed by atoms with Crippen molar-refractivity contribution < 1.29 is 14.3 Å². The summed E-state index contributed by atoms with van der Waals surface area (Å²) in [5.74, 6) is 0.576. The molecule has 0 bridgehead atoms. The summed E-state index contributed by atoms with van der Waals surface area (Å²) in [6.45, 7) is 7.19. The Labute approximate surface area is 150 Å². The van der Waals surface area contributed by atoms with Gasteiger partial charge in [0.15, 0.2) is 0 Å². The van der Waals surface area contributed by atoms with E-state index in [0.717, 1.165) is 24.8 Å². The van der Waals surface area contributed by atoms with E-state index < -0.39 is 0 Å². The Kier molecular flexibility index (Phi) is 7.10. The Bertz CT molecular complexity index is 604. The smallest absolute Gasteiger partial charge is 0.317 e. The van der Waals surface area contributed by atoms with Gasteiger partial charge in [0.05, 0.1) is 12.7 Å². The van der Waals surface area contributed by atoms with Gasteiger partial charge in [0, 0.05) is 32.7 Å². The molecule has 138 valence electrons. The molecule has 0 unspecified atom stereocenters. The van der Waals surface area contributed by atoms with Gasteiger partial charge in [0.25, 0.3) is 5.91 Å². The normalized spacial score (nSPS) is 14.8. The number of carbonyl (C=O) groups is 2. The molecule has 0 aliphatic carbocycles. The molecule has 1 aliphatic rings. The van der Waals surface area contributed by atoms with Gasteiger partial charge >= 0.3 is 6.03 Å². The second-order valence-electron chi connectivity index (χ2n) is 6.25.